The number of hydrogen-bond acceptors (Lipinski definition) is 6. The Balaban J connectivity index is 1.30. The zero-order valence-corrected chi connectivity index (χ0v) is 20.3. The molecule has 1 aliphatic heterocycles. The first-order chi connectivity index (χ1) is 16.4. The van der Waals surface area contributed by atoms with Crippen LogP contribution in [0.15, 0.2) is 83.7 Å². The predicted octanol–water partition coefficient (Wildman–Crippen LogP) is 4.71. The lowest BCUT2D eigenvalue weighted by molar-refractivity contribution is -0.112. The van der Waals surface area contributed by atoms with Crippen molar-refractivity contribution in [2.45, 2.75) is 30.8 Å². The Kier molecular flexibility index (Phi) is 5.65. The molecule has 5 rings (SSSR count). The largest absolute Gasteiger partial charge is 0.347 e. The van der Waals surface area contributed by atoms with Crippen molar-refractivity contribution in [2.75, 3.05) is 23.5 Å². The third-order valence-electron chi connectivity index (χ3n) is 6.55. The van der Waals surface area contributed by atoms with Crippen molar-refractivity contribution in [1.29, 1.82) is 0 Å². The fourth-order valence-corrected chi connectivity index (χ4v) is 5.43. The maximum absolute atomic E-state index is 12.9. The average molecular weight is 470 g/mol. The van der Waals surface area contributed by atoms with Crippen molar-refractivity contribution in [3.05, 3.63) is 95.5 Å². The minimum absolute atomic E-state index is 0.0198. The molecule has 4 aromatic rings. The molecule has 0 aliphatic carbocycles. The van der Waals surface area contributed by atoms with Crippen LogP contribution in [-0.2, 0) is 16.6 Å². The van der Waals surface area contributed by atoms with Gasteiger partial charge in [0.2, 0.25) is 5.16 Å². The molecule has 172 valence electrons. The summed E-state index contributed by atoms with van der Waals surface area (Å²) in [6.07, 6.45) is 2.32. The van der Waals surface area contributed by atoms with Crippen LogP contribution in [0.3, 0.4) is 0 Å². The van der Waals surface area contributed by atoms with Crippen LogP contribution in [0, 0.1) is 0 Å². The topological polar surface area (TPSA) is 77.0 Å². The van der Waals surface area contributed by atoms with Gasteiger partial charge in [-0.15, -0.1) is 10.2 Å². The highest BCUT2D eigenvalue weighted by atomic mass is 32.2. The summed E-state index contributed by atoms with van der Waals surface area (Å²) in [7, 11) is 2.01. The molecule has 0 unspecified atom stereocenters. The molecule has 1 aromatic heterocycles. The molecule has 0 bridgehead atoms. The summed E-state index contributed by atoms with van der Waals surface area (Å²) in [5.74, 6) is 7.23. The van der Waals surface area contributed by atoms with E-state index in [4.69, 9.17) is 5.84 Å². The first-order valence-electron chi connectivity index (χ1n) is 11.2. The standard InChI is InChI=1S/C27H27N5OS/c1-27(2)22-13-6-7-14-23(22)31(3)24(27)16-20(33)17-34-26-30-29-25(32(26)28)15-19-11-8-10-18-9-4-5-12-21(18)19/h4-14,16H,15,17,28H2,1-3H3/b24-16+. The number of thioether (sulfide) groups is 1. The van der Waals surface area contributed by atoms with E-state index in [2.05, 4.69) is 65.3 Å². The molecule has 0 saturated heterocycles. The Labute approximate surface area is 203 Å². The van der Waals surface area contributed by atoms with Crippen LogP contribution in [0.4, 0.5) is 5.69 Å². The van der Waals surface area contributed by atoms with E-state index >= 15 is 0 Å². The molecular weight excluding hydrogens is 442 g/mol. The lowest BCUT2D eigenvalue weighted by Crippen LogP contribution is -2.24. The molecule has 34 heavy (non-hydrogen) atoms. The van der Waals surface area contributed by atoms with E-state index in [0.29, 0.717) is 17.4 Å². The zero-order chi connectivity index (χ0) is 23.9. The Morgan fingerprint density at radius 1 is 1.03 bits per heavy atom. The third-order valence-corrected chi connectivity index (χ3v) is 7.51. The highest BCUT2D eigenvalue weighted by molar-refractivity contribution is 7.99. The predicted molar refractivity (Wildman–Crippen MR) is 139 cm³/mol. The number of aromatic nitrogens is 3. The van der Waals surface area contributed by atoms with Gasteiger partial charge in [-0.05, 0) is 28.0 Å². The number of rotatable bonds is 6. The molecule has 0 amide bonds. The van der Waals surface area contributed by atoms with Crippen molar-refractivity contribution in [3.8, 4) is 0 Å². The van der Waals surface area contributed by atoms with Gasteiger partial charge < -0.3 is 10.7 Å². The first-order valence-corrected chi connectivity index (χ1v) is 12.2. The molecule has 0 fully saturated rings. The molecule has 2 N–H and O–H groups in total. The summed E-state index contributed by atoms with van der Waals surface area (Å²) in [5.41, 5.74) is 4.26. The molecule has 0 atom stereocenters. The highest BCUT2D eigenvalue weighted by Crippen LogP contribution is 2.46. The van der Waals surface area contributed by atoms with E-state index in [1.165, 1.54) is 32.8 Å². The number of para-hydroxylation sites is 1. The number of anilines is 1. The fraction of sp³-hybridized carbons (Fsp3) is 0.222. The monoisotopic (exact) mass is 469 g/mol. The van der Waals surface area contributed by atoms with Crippen LogP contribution in [0.1, 0.15) is 30.8 Å². The summed E-state index contributed by atoms with van der Waals surface area (Å²) in [6.45, 7) is 4.30. The molecule has 7 heteroatoms. The SMILES string of the molecule is CN1/C(=C/C(=O)CSc2nnc(Cc3cccc4ccccc34)n2N)C(C)(C)c2ccccc21. The second kappa shape index (κ2) is 8.65. The second-order valence-electron chi connectivity index (χ2n) is 9.07. The number of nitrogens with two attached hydrogens (primary N) is 1. The van der Waals surface area contributed by atoms with Crippen molar-refractivity contribution in [1.82, 2.24) is 14.9 Å². The van der Waals surface area contributed by atoms with Gasteiger partial charge in [-0.3, -0.25) is 4.79 Å². The zero-order valence-electron chi connectivity index (χ0n) is 19.5. The fourth-order valence-electron chi connectivity index (χ4n) is 4.73. The van der Waals surface area contributed by atoms with Crippen molar-refractivity contribution < 1.29 is 4.79 Å². The lowest BCUT2D eigenvalue weighted by atomic mass is 9.83. The number of benzene rings is 3. The maximum atomic E-state index is 12.9. The summed E-state index contributed by atoms with van der Waals surface area (Å²) < 4.78 is 1.49. The quantitative estimate of drug-likeness (QED) is 0.250. The summed E-state index contributed by atoms with van der Waals surface area (Å²) in [4.78, 5) is 15.0. The number of fused-ring (bicyclic) bond motifs is 2. The van der Waals surface area contributed by atoms with Gasteiger partial charge in [-0.1, -0.05) is 86.3 Å². The van der Waals surface area contributed by atoms with Gasteiger partial charge in [0.05, 0.1) is 5.75 Å². The number of carbonyl (C=O) groups is 1. The van der Waals surface area contributed by atoms with E-state index in [1.807, 2.05) is 37.4 Å². The molecular formula is C27H27N5OS. The lowest BCUT2D eigenvalue weighted by Gasteiger charge is -2.23. The smallest absolute Gasteiger partial charge is 0.210 e. The van der Waals surface area contributed by atoms with E-state index in [9.17, 15) is 4.79 Å². The number of allylic oxidation sites excluding steroid dienone is 2. The number of likely N-dealkylation sites (N-methyl/N-ethyl adjacent to an activating group) is 1. The maximum Gasteiger partial charge on any atom is 0.210 e. The number of ketones is 1. The molecule has 0 saturated carbocycles. The number of hydrogen-bond donors (Lipinski definition) is 1. The van der Waals surface area contributed by atoms with E-state index < -0.39 is 0 Å². The van der Waals surface area contributed by atoms with Crippen LogP contribution >= 0.6 is 11.8 Å². The van der Waals surface area contributed by atoms with Crippen LogP contribution in [-0.4, -0.2) is 33.5 Å². The van der Waals surface area contributed by atoms with Gasteiger partial charge >= 0.3 is 0 Å². The Bertz CT molecular complexity index is 1420. The number of nitrogens with zero attached hydrogens (tertiary/aromatic N) is 4. The Hall–Kier alpha value is -3.58. The Morgan fingerprint density at radius 2 is 1.76 bits per heavy atom. The van der Waals surface area contributed by atoms with Crippen LogP contribution in [0.5, 0.6) is 0 Å². The molecule has 2 heterocycles. The van der Waals surface area contributed by atoms with Crippen molar-refractivity contribution >= 4 is 34.0 Å². The van der Waals surface area contributed by atoms with Crippen molar-refractivity contribution in [3.63, 3.8) is 0 Å². The van der Waals surface area contributed by atoms with Gasteiger partial charge in [-0.2, -0.15) is 0 Å². The molecule has 0 radical (unpaired) electrons. The van der Waals surface area contributed by atoms with E-state index in [-0.39, 0.29) is 17.0 Å². The van der Waals surface area contributed by atoms with Crippen LogP contribution < -0.4 is 10.7 Å². The van der Waals surface area contributed by atoms with E-state index in [0.717, 1.165) is 16.9 Å². The summed E-state index contributed by atoms with van der Waals surface area (Å²) >= 11 is 1.31. The molecule has 3 aromatic carbocycles. The van der Waals surface area contributed by atoms with Gasteiger partial charge in [0.1, 0.15) is 0 Å². The molecule has 6 nitrogen and oxygen atoms in total. The number of carbonyl (C=O) groups excluding carboxylic acids is 1. The Morgan fingerprint density at radius 3 is 2.59 bits per heavy atom. The normalized spacial score (nSPS) is 15.7. The average Bonchev–Trinajstić information content (AvgIpc) is 3.28. The van der Waals surface area contributed by atoms with Gasteiger partial charge in [0.25, 0.3) is 0 Å². The number of nitrogen functional groups attached to an aromatic ring is 1. The van der Waals surface area contributed by atoms with Gasteiger partial charge in [0, 0.05) is 36.3 Å². The minimum atomic E-state index is -0.231. The van der Waals surface area contributed by atoms with Crippen LogP contribution in [0.2, 0.25) is 0 Å². The second-order valence-corrected chi connectivity index (χ2v) is 10.0. The van der Waals surface area contributed by atoms with Crippen molar-refractivity contribution in [2.24, 2.45) is 0 Å². The molecule has 1 aliphatic rings. The van der Waals surface area contributed by atoms with Gasteiger partial charge in [0.15, 0.2) is 11.6 Å². The summed E-state index contributed by atoms with van der Waals surface area (Å²) in [5, 5.41) is 11.4. The summed E-state index contributed by atoms with van der Waals surface area (Å²) in [6, 6.07) is 22.7. The third kappa shape index (κ3) is 3.86. The van der Waals surface area contributed by atoms with Gasteiger partial charge in [-0.25, -0.2) is 4.68 Å². The minimum Gasteiger partial charge on any atom is -0.347 e. The highest BCUT2D eigenvalue weighted by Gasteiger charge is 2.38. The van der Waals surface area contributed by atoms with Crippen LogP contribution in [0.25, 0.3) is 10.8 Å². The van der Waals surface area contributed by atoms with E-state index in [1.54, 1.807) is 6.08 Å². The first kappa shape index (κ1) is 22.2. The molecule has 0 spiro atoms.